The summed E-state index contributed by atoms with van der Waals surface area (Å²) in [4.78, 5) is 12.6. The summed E-state index contributed by atoms with van der Waals surface area (Å²) in [6, 6.07) is 3.27. The van der Waals surface area contributed by atoms with Gasteiger partial charge in [0, 0.05) is 13.1 Å². The molecule has 4 nitrogen and oxygen atoms in total. The van der Waals surface area contributed by atoms with E-state index in [-0.39, 0.29) is 11.3 Å². The summed E-state index contributed by atoms with van der Waals surface area (Å²) in [5, 5.41) is 17.9. The number of hydrogen-bond acceptors (Lipinski definition) is 3. The molecule has 0 aromatic heterocycles. The van der Waals surface area contributed by atoms with Gasteiger partial charge >= 0.3 is 12.1 Å². The van der Waals surface area contributed by atoms with Gasteiger partial charge in [-0.2, -0.15) is 18.4 Å². The molecule has 0 saturated carbocycles. The molecule has 0 unspecified atom stereocenters. The molecule has 0 atom stereocenters. The molecule has 0 bridgehead atoms. The van der Waals surface area contributed by atoms with E-state index in [4.69, 9.17) is 10.4 Å². The van der Waals surface area contributed by atoms with Crippen molar-refractivity contribution in [3.63, 3.8) is 0 Å². The van der Waals surface area contributed by atoms with Crippen LogP contribution in [-0.4, -0.2) is 24.2 Å². The molecule has 1 N–H and O–H groups in total. The lowest BCUT2D eigenvalue weighted by Gasteiger charge is -2.24. The fraction of sp³-hybridized carbons (Fsp3) is 0.385. The number of alkyl halides is 3. The molecule has 106 valence electrons. The average Bonchev–Trinajstić information content (AvgIpc) is 2.89. The highest BCUT2D eigenvalue weighted by Crippen LogP contribution is 2.40. The van der Waals surface area contributed by atoms with Crippen LogP contribution in [0.3, 0.4) is 0 Å². The topological polar surface area (TPSA) is 64.3 Å². The third-order valence-electron chi connectivity index (χ3n) is 3.20. The first-order valence-electron chi connectivity index (χ1n) is 5.98. The number of carbonyl (C=O) groups is 1. The molecule has 0 amide bonds. The van der Waals surface area contributed by atoms with E-state index in [1.165, 1.54) is 4.90 Å². The Morgan fingerprint density at radius 2 is 1.90 bits per heavy atom. The van der Waals surface area contributed by atoms with E-state index in [9.17, 15) is 18.0 Å². The molecule has 20 heavy (non-hydrogen) atoms. The van der Waals surface area contributed by atoms with Crippen LogP contribution in [0.1, 0.15) is 34.3 Å². The molecule has 7 heteroatoms. The van der Waals surface area contributed by atoms with Crippen LogP contribution in [0.15, 0.2) is 12.1 Å². The zero-order valence-electron chi connectivity index (χ0n) is 10.4. The number of nitrogens with zero attached hydrogens (tertiary/aromatic N) is 2. The number of hydrogen-bond donors (Lipinski definition) is 1. The van der Waals surface area contributed by atoms with Crippen LogP contribution in [0.5, 0.6) is 0 Å². The molecule has 0 aliphatic carbocycles. The van der Waals surface area contributed by atoms with Crippen molar-refractivity contribution in [2.75, 3.05) is 18.0 Å². The van der Waals surface area contributed by atoms with Gasteiger partial charge in [0.1, 0.15) is 0 Å². The second-order valence-corrected chi connectivity index (χ2v) is 4.53. The quantitative estimate of drug-likeness (QED) is 0.907. The number of halogens is 3. The maximum absolute atomic E-state index is 13.1. The number of rotatable bonds is 2. The highest BCUT2D eigenvalue weighted by molar-refractivity contribution is 5.96. The van der Waals surface area contributed by atoms with Crippen LogP contribution >= 0.6 is 0 Å². The van der Waals surface area contributed by atoms with Crippen LogP contribution in [0.4, 0.5) is 18.9 Å². The van der Waals surface area contributed by atoms with Gasteiger partial charge in [-0.25, -0.2) is 4.79 Å². The first kappa shape index (κ1) is 14.2. The second kappa shape index (κ2) is 5.04. The number of benzene rings is 1. The van der Waals surface area contributed by atoms with Crippen LogP contribution in [0.25, 0.3) is 0 Å². The number of carboxylic acid groups (broad SMARTS) is 1. The predicted molar refractivity (Wildman–Crippen MR) is 64.6 cm³/mol. The SMILES string of the molecule is N#Cc1cc(C(=O)O)c(N2CCCC2)c(C(F)(F)F)c1. The summed E-state index contributed by atoms with van der Waals surface area (Å²) in [6.07, 6.45) is -3.26. The number of anilines is 1. The van der Waals surface area contributed by atoms with Crippen LogP contribution in [0, 0.1) is 11.3 Å². The van der Waals surface area contributed by atoms with Crippen molar-refractivity contribution in [2.45, 2.75) is 19.0 Å². The smallest absolute Gasteiger partial charge is 0.418 e. The van der Waals surface area contributed by atoms with Gasteiger partial charge in [-0.15, -0.1) is 0 Å². The highest BCUT2D eigenvalue weighted by atomic mass is 19.4. The van der Waals surface area contributed by atoms with E-state index in [1.807, 2.05) is 0 Å². The maximum atomic E-state index is 13.1. The minimum absolute atomic E-state index is 0.308. The van der Waals surface area contributed by atoms with E-state index in [1.54, 1.807) is 6.07 Å². The van der Waals surface area contributed by atoms with Gasteiger partial charge in [0.15, 0.2) is 0 Å². The van der Waals surface area contributed by atoms with Crippen LogP contribution in [0.2, 0.25) is 0 Å². The van der Waals surface area contributed by atoms with E-state index < -0.39 is 23.3 Å². The molecule has 1 saturated heterocycles. The number of aromatic carboxylic acids is 1. The molecule has 0 radical (unpaired) electrons. The first-order chi connectivity index (χ1) is 9.34. The Balaban J connectivity index is 2.72. The van der Waals surface area contributed by atoms with Gasteiger partial charge in [0.2, 0.25) is 0 Å². The lowest BCUT2D eigenvalue weighted by atomic mass is 10.0. The van der Waals surface area contributed by atoms with Crippen molar-refractivity contribution in [1.29, 1.82) is 5.26 Å². The summed E-state index contributed by atoms with van der Waals surface area (Å²) in [5.74, 6) is -1.46. The molecule has 1 heterocycles. The zero-order chi connectivity index (χ0) is 14.9. The average molecular weight is 284 g/mol. The normalized spacial score (nSPS) is 15.2. The Bertz CT molecular complexity index is 585. The van der Waals surface area contributed by atoms with E-state index in [0.29, 0.717) is 19.2 Å². The van der Waals surface area contributed by atoms with Gasteiger partial charge in [0.25, 0.3) is 0 Å². The van der Waals surface area contributed by atoms with Crippen molar-refractivity contribution >= 4 is 11.7 Å². The fourth-order valence-electron chi connectivity index (χ4n) is 2.36. The molecule has 1 aliphatic heterocycles. The maximum Gasteiger partial charge on any atom is 0.418 e. The van der Waals surface area contributed by atoms with E-state index in [2.05, 4.69) is 0 Å². The second-order valence-electron chi connectivity index (χ2n) is 4.53. The standard InChI is InChI=1S/C13H11F3N2O2/c14-13(15,16)10-6-8(7-17)5-9(12(19)20)11(10)18-3-1-2-4-18/h5-6H,1-4H2,(H,19,20). The lowest BCUT2D eigenvalue weighted by Crippen LogP contribution is -2.25. The fourth-order valence-corrected chi connectivity index (χ4v) is 2.36. The lowest BCUT2D eigenvalue weighted by molar-refractivity contribution is -0.137. The van der Waals surface area contributed by atoms with Crippen molar-refractivity contribution in [3.8, 4) is 6.07 Å². The van der Waals surface area contributed by atoms with Crippen molar-refractivity contribution in [2.24, 2.45) is 0 Å². The summed E-state index contributed by atoms with van der Waals surface area (Å²) in [6.45, 7) is 0.768. The van der Waals surface area contributed by atoms with Crippen LogP contribution < -0.4 is 4.90 Å². The molecule has 1 fully saturated rings. The van der Waals surface area contributed by atoms with Gasteiger partial charge in [0.05, 0.1) is 28.4 Å². The predicted octanol–water partition coefficient (Wildman–Crippen LogP) is 2.88. The number of nitriles is 1. The first-order valence-corrected chi connectivity index (χ1v) is 5.98. The van der Waals surface area contributed by atoms with Gasteiger partial charge in [-0.05, 0) is 25.0 Å². The summed E-state index contributed by atoms with van der Waals surface area (Å²) >= 11 is 0. The summed E-state index contributed by atoms with van der Waals surface area (Å²) in [7, 11) is 0. The Labute approximate surface area is 113 Å². The Hall–Kier alpha value is -2.23. The molecule has 1 aromatic carbocycles. The Morgan fingerprint density at radius 3 is 2.35 bits per heavy atom. The van der Waals surface area contributed by atoms with Crippen molar-refractivity contribution < 1.29 is 23.1 Å². The van der Waals surface area contributed by atoms with Crippen molar-refractivity contribution in [3.05, 3.63) is 28.8 Å². The number of carboxylic acids is 1. The van der Waals surface area contributed by atoms with E-state index in [0.717, 1.165) is 18.9 Å². The molecular weight excluding hydrogens is 273 g/mol. The third-order valence-corrected chi connectivity index (χ3v) is 3.20. The highest BCUT2D eigenvalue weighted by Gasteiger charge is 2.38. The van der Waals surface area contributed by atoms with Crippen molar-refractivity contribution in [1.82, 2.24) is 0 Å². The van der Waals surface area contributed by atoms with E-state index >= 15 is 0 Å². The minimum atomic E-state index is -4.70. The third kappa shape index (κ3) is 2.54. The Morgan fingerprint density at radius 1 is 1.30 bits per heavy atom. The molecule has 1 aromatic rings. The van der Waals surface area contributed by atoms with Crippen LogP contribution in [-0.2, 0) is 6.18 Å². The Kier molecular flexibility index (Phi) is 3.57. The largest absolute Gasteiger partial charge is 0.478 e. The molecule has 1 aliphatic rings. The monoisotopic (exact) mass is 284 g/mol. The minimum Gasteiger partial charge on any atom is -0.478 e. The molecule has 2 rings (SSSR count). The zero-order valence-corrected chi connectivity index (χ0v) is 10.4. The summed E-state index contributed by atoms with van der Waals surface area (Å²) in [5.41, 5.74) is -2.17. The van der Waals surface area contributed by atoms with Gasteiger partial charge in [-0.1, -0.05) is 0 Å². The molecule has 0 spiro atoms. The van der Waals surface area contributed by atoms with Gasteiger partial charge in [-0.3, -0.25) is 0 Å². The summed E-state index contributed by atoms with van der Waals surface area (Å²) < 4.78 is 39.4. The van der Waals surface area contributed by atoms with Gasteiger partial charge < -0.3 is 10.0 Å². The molecular formula is C13H11F3N2O2.